The van der Waals surface area contributed by atoms with Crippen LogP contribution in [0.5, 0.6) is 5.75 Å². The number of aryl methyl sites for hydroxylation is 1. The first-order valence-electron chi connectivity index (χ1n) is 7.29. The highest BCUT2D eigenvalue weighted by Crippen LogP contribution is 2.24. The molecular weight excluding hydrogens is 334 g/mol. The van der Waals surface area contributed by atoms with Crippen LogP contribution in [0.15, 0.2) is 34.7 Å². The van der Waals surface area contributed by atoms with E-state index in [9.17, 15) is 13.6 Å². The summed E-state index contributed by atoms with van der Waals surface area (Å²) in [5.41, 5.74) is 1.31. The zero-order valence-electron chi connectivity index (χ0n) is 13.4. The molecule has 0 unspecified atom stereocenters. The molecule has 1 amide bonds. The normalized spacial score (nSPS) is 10.7. The minimum absolute atomic E-state index is 0.0566. The number of halogens is 2. The summed E-state index contributed by atoms with van der Waals surface area (Å²) in [6, 6.07) is 7.32. The molecule has 3 rings (SSSR count). The van der Waals surface area contributed by atoms with Crippen LogP contribution in [0.1, 0.15) is 11.5 Å². The second-order valence-corrected chi connectivity index (χ2v) is 5.20. The Kier molecular flexibility index (Phi) is 4.51. The summed E-state index contributed by atoms with van der Waals surface area (Å²) in [4.78, 5) is 15.3. The molecule has 25 heavy (non-hydrogen) atoms. The molecule has 0 saturated carbocycles. The molecule has 0 aliphatic carbocycles. The fraction of sp³-hybridized carbons (Fsp3) is 0.176. The molecule has 0 atom stereocenters. The van der Waals surface area contributed by atoms with Gasteiger partial charge in [0.1, 0.15) is 11.3 Å². The van der Waals surface area contributed by atoms with Crippen LogP contribution in [-0.4, -0.2) is 18.2 Å². The topological polar surface area (TPSA) is 73.6 Å². The molecule has 0 saturated heterocycles. The van der Waals surface area contributed by atoms with Gasteiger partial charge in [-0.25, -0.2) is 14.2 Å². The van der Waals surface area contributed by atoms with Gasteiger partial charge in [-0.2, -0.15) is 4.39 Å². The van der Waals surface area contributed by atoms with Crippen LogP contribution < -0.4 is 10.1 Å². The van der Waals surface area contributed by atoms with E-state index >= 15 is 0 Å². The third kappa shape index (κ3) is 3.52. The van der Waals surface area contributed by atoms with E-state index in [0.29, 0.717) is 11.4 Å². The molecule has 0 aliphatic rings. The summed E-state index contributed by atoms with van der Waals surface area (Å²) in [6.07, 6.45) is -0.572. The Labute approximate surface area is 141 Å². The van der Waals surface area contributed by atoms with E-state index in [-0.39, 0.29) is 23.6 Å². The lowest BCUT2D eigenvalue weighted by molar-refractivity contribution is 0.187. The monoisotopic (exact) mass is 348 g/mol. The zero-order valence-corrected chi connectivity index (χ0v) is 13.4. The lowest BCUT2D eigenvalue weighted by Gasteiger charge is -2.09. The van der Waals surface area contributed by atoms with Crippen LogP contribution >= 0.6 is 0 Å². The van der Waals surface area contributed by atoms with E-state index in [0.717, 1.165) is 11.6 Å². The van der Waals surface area contributed by atoms with E-state index in [4.69, 9.17) is 9.15 Å². The Morgan fingerprint density at radius 1 is 1.28 bits per heavy atom. The fourth-order valence-electron chi connectivity index (χ4n) is 2.22. The van der Waals surface area contributed by atoms with E-state index in [2.05, 4.69) is 15.0 Å². The van der Waals surface area contributed by atoms with Crippen molar-refractivity contribution >= 4 is 22.9 Å². The first-order valence-corrected chi connectivity index (χ1v) is 7.29. The van der Waals surface area contributed by atoms with Gasteiger partial charge < -0.3 is 13.9 Å². The minimum Gasteiger partial charge on any atom is -0.484 e. The lowest BCUT2D eigenvalue weighted by atomic mass is 10.2. The van der Waals surface area contributed by atoms with E-state index in [1.54, 1.807) is 25.1 Å². The number of carbonyl (C=O) groups is 1. The Balaban J connectivity index is 1.72. The average Bonchev–Trinajstić information content (AvgIpc) is 3.02. The van der Waals surface area contributed by atoms with Crippen molar-refractivity contribution in [3.63, 3.8) is 0 Å². The highest BCUT2D eigenvalue weighted by Gasteiger charge is 2.14. The number of anilines is 1. The number of carbonyl (C=O) groups excluding carboxylic acids is 1. The van der Waals surface area contributed by atoms with E-state index < -0.39 is 17.7 Å². The number of oxazole rings is 1. The molecular formula is C17H14F2N2O4. The van der Waals surface area contributed by atoms with Crippen LogP contribution in [-0.2, 0) is 11.3 Å². The third-order valence-corrected chi connectivity index (χ3v) is 3.48. The second kappa shape index (κ2) is 6.76. The molecule has 3 aromatic rings. The van der Waals surface area contributed by atoms with Crippen molar-refractivity contribution < 1.29 is 27.5 Å². The van der Waals surface area contributed by atoms with E-state index in [1.165, 1.54) is 13.2 Å². The third-order valence-electron chi connectivity index (χ3n) is 3.48. The van der Waals surface area contributed by atoms with Gasteiger partial charge in [-0.3, -0.25) is 5.32 Å². The number of nitrogens with zero attached hydrogens (tertiary/aromatic N) is 1. The number of rotatable bonds is 4. The van der Waals surface area contributed by atoms with Gasteiger partial charge in [0.2, 0.25) is 11.7 Å². The first-order chi connectivity index (χ1) is 12.0. The molecule has 0 fully saturated rings. The van der Waals surface area contributed by atoms with Gasteiger partial charge in [-0.05, 0) is 42.8 Å². The molecule has 1 heterocycles. The number of aromatic nitrogens is 1. The number of hydrogen-bond donors (Lipinski definition) is 1. The number of hydrogen-bond acceptors (Lipinski definition) is 5. The summed E-state index contributed by atoms with van der Waals surface area (Å²) in [5, 5.41) is 2.57. The van der Waals surface area contributed by atoms with E-state index in [1.807, 2.05) is 0 Å². The maximum absolute atomic E-state index is 13.6. The SMILES string of the molecule is COC(=O)Nc1ccc(OCc2nc3ccc(F)c(F)c3o2)cc1C. The molecule has 130 valence electrons. The van der Waals surface area contributed by atoms with Crippen molar-refractivity contribution in [3.8, 4) is 5.75 Å². The summed E-state index contributed by atoms with van der Waals surface area (Å²) in [6.45, 7) is 1.73. The molecule has 1 aromatic heterocycles. The average molecular weight is 348 g/mol. The van der Waals surface area contributed by atoms with Crippen LogP contribution in [0, 0.1) is 18.6 Å². The summed E-state index contributed by atoms with van der Waals surface area (Å²) in [7, 11) is 1.27. The first kappa shape index (κ1) is 16.7. The van der Waals surface area contributed by atoms with Gasteiger partial charge in [0.05, 0.1) is 7.11 Å². The van der Waals surface area contributed by atoms with Gasteiger partial charge in [0.25, 0.3) is 0 Å². The summed E-state index contributed by atoms with van der Waals surface area (Å²) < 4.78 is 42.1. The number of ether oxygens (including phenoxy) is 2. The standard InChI is InChI=1S/C17H14F2N2O4/c1-9-7-10(3-5-12(9)21-17(22)23-2)24-8-14-20-13-6-4-11(18)15(19)16(13)25-14/h3-7H,8H2,1-2H3,(H,21,22). The van der Waals surface area contributed by atoms with Crippen molar-refractivity contribution in [2.24, 2.45) is 0 Å². The van der Waals surface area contributed by atoms with Crippen LogP contribution in [0.3, 0.4) is 0 Å². The number of nitrogens with one attached hydrogen (secondary N) is 1. The number of methoxy groups -OCH3 is 1. The molecule has 0 aliphatic heterocycles. The zero-order chi connectivity index (χ0) is 18.0. The predicted molar refractivity (Wildman–Crippen MR) is 85.5 cm³/mol. The Morgan fingerprint density at radius 2 is 2.08 bits per heavy atom. The van der Waals surface area contributed by atoms with Gasteiger partial charge in [-0.1, -0.05) is 0 Å². The highest BCUT2D eigenvalue weighted by atomic mass is 19.2. The maximum atomic E-state index is 13.6. The van der Waals surface area contributed by atoms with Gasteiger partial charge in [0, 0.05) is 5.69 Å². The second-order valence-electron chi connectivity index (χ2n) is 5.20. The fourth-order valence-corrected chi connectivity index (χ4v) is 2.22. The van der Waals surface area contributed by atoms with Crippen molar-refractivity contribution in [2.75, 3.05) is 12.4 Å². The van der Waals surface area contributed by atoms with Crippen molar-refractivity contribution in [1.29, 1.82) is 0 Å². The van der Waals surface area contributed by atoms with Gasteiger partial charge in [0.15, 0.2) is 18.0 Å². The van der Waals surface area contributed by atoms with Crippen molar-refractivity contribution in [2.45, 2.75) is 13.5 Å². The molecule has 2 aromatic carbocycles. The minimum atomic E-state index is -1.08. The number of benzene rings is 2. The van der Waals surface area contributed by atoms with Crippen molar-refractivity contribution in [1.82, 2.24) is 4.98 Å². The lowest BCUT2D eigenvalue weighted by Crippen LogP contribution is -2.11. The molecule has 0 spiro atoms. The van der Waals surface area contributed by atoms with Crippen LogP contribution in [0.25, 0.3) is 11.1 Å². The Hall–Kier alpha value is -3.16. The molecule has 0 bridgehead atoms. The van der Waals surface area contributed by atoms with Gasteiger partial charge in [-0.15, -0.1) is 0 Å². The molecule has 6 nitrogen and oxygen atoms in total. The summed E-state index contributed by atoms with van der Waals surface area (Å²) >= 11 is 0. The highest BCUT2D eigenvalue weighted by molar-refractivity contribution is 5.85. The Bertz CT molecular complexity index is 940. The smallest absolute Gasteiger partial charge is 0.411 e. The van der Waals surface area contributed by atoms with Gasteiger partial charge >= 0.3 is 6.09 Å². The summed E-state index contributed by atoms with van der Waals surface area (Å²) in [5.74, 6) is -1.46. The largest absolute Gasteiger partial charge is 0.484 e. The maximum Gasteiger partial charge on any atom is 0.411 e. The molecule has 0 radical (unpaired) electrons. The predicted octanol–water partition coefficient (Wildman–Crippen LogP) is 4.17. The van der Waals surface area contributed by atoms with Crippen LogP contribution in [0.2, 0.25) is 0 Å². The number of fused-ring (bicyclic) bond motifs is 1. The number of amides is 1. The Morgan fingerprint density at radius 3 is 2.80 bits per heavy atom. The molecule has 8 heteroatoms. The van der Waals surface area contributed by atoms with Crippen molar-refractivity contribution in [3.05, 3.63) is 53.4 Å². The molecule has 1 N–H and O–H groups in total. The van der Waals surface area contributed by atoms with Crippen LogP contribution in [0.4, 0.5) is 19.3 Å². The quantitative estimate of drug-likeness (QED) is 0.766.